The molecule has 0 aliphatic carbocycles. The average Bonchev–Trinajstić information content (AvgIpc) is 2.35. The summed E-state index contributed by atoms with van der Waals surface area (Å²) in [5, 5.41) is 3.36. The molecule has 1 N–H and O–H groups in total. The SMILES string of the molecule is C=C(C)CCOc1ccc2c(c1)OC(C)(C)CC2NC. The van der Waals surface area contributed by atoms with Gasteiger partial charge in [0.25, 0.3) is 0 Å². The standard InChI is InChI=1S/C17H25NO2/c1-12(2)8-9-19-13-6-7-14-15(18-5)11-17(3,4)20-16(14)10-13/h6-7,10,15,18H,1,8-9,11H2,2-5H3. The first-order chi connectivity index (χ1) is 9.41. The highest BCUT2D eigenvalue weighted by atomic mass is 16.5. The van der Waals surface area contributed by atoms with Crippen molar-refractivity contribution in [1.29, 1.82) is 0 Å². The average molecular weight is 275 g/mol. The summed E-state index contributed by atoms with van der Waals surface area (Å²) in [7, 11) is 1.99. The van der Waals surface area contributed by atoms with Crippen molar-refractivity contribution in [1.82, 2.24) is 5.32 Å². The summed E-state index contributed by atoms with van der Waals surface area (Å²) in [6, 6.07) is 6.45. The van der Waals surface area contributed by atoms with E-state index in [4.69, 9.17) is 9.47 Å². The van der Waals surface area contributed by atoms with E-state index in [1.165, 1.54) is 5.56 Å². The van der Waals surface area contributed by atoms with Crippen molar-refractivity contribution < 1.29 is 9.47 Å². The van der Waals surface area contributed by atoms with Gasteiger partial charge in [-0.05, 0) is 33.9 Å². The molecule has 3 heteroatoms. The van der Waals surface area contributed by atoms with Crippen molar-refractivity contribution in [2.45, 2.75) is 45.3 Å². The predicted molar refractivity (Wildman–Crippen MR) is 82.5 cm³/mol. The molecule has 1 aromatic rings. The van der Waals surface area contributed by atoms with Crippen LogP contribution in [0.1, 0.15) is 45.2 Å². The molecular formula is C17H25NO2. The van der Waals surface area contributed by atoms with Crippen molar-refractivity contribution in [3.05, 3.63) is 35.9 Å². The minimum Gasteiger partial charge on any atom is -0.493 e. The summed E-state index contributed by atoms with van der Waals surface area (Å²) < 4.78 is 11.8. The van der Waals surface area contributed by atoms with Gasteiger partial charge in [0, 0.05) is 30.5 Å². The first-order valence-electron chi connectivity index (χ1n) is 7.19. The van der Waals surface area contributed by atoms with Gasteiger partial charge in [-0.2, -0.15) is 0 Å². The van der Waals surface area contributed by atoms with E-state index in [1.807, 2.05) is 26.1 Å². The van der Waals surface area contributed by atoms with Crippen molar-refractivity contribution in [3.63, 3.8) is 0 Å². The highest BCUT2D eigenvalue weighted by Crippen LogP contribution is 2.40. The smallest absolute Gasteiger partial charge is 0.128 e. The molecule has 3 nitrogen and oxygen atoms in total. The van der Waals surface area contributed by atoms with Crippen LogP contribution in [-0.2, 0) is 0 Å². The Morgan fingerprint density at radius 2 is 2.25 bits per heavy atom. The normalized spacial score (nSPS) is 19.9. The van der Waals surface area contributed by atoms with Crippen molar-refractivity contribution >= 4 is 0 Å². The summed E-state index contributed by atoms with van der Waals surface area (Å²) in [6.07, 6.45) is 1.84. The van der Waals surface area contributed by atoms with Gasteiger partial charge in [0.15, 0.2) is 0 Å². The minimum absolute atomic E-state index is 0.156. The molecule has 1 aliphatic heterocycles. The number of rotatable bonds is 5. The number of benzene rings is 1. The number of ether oxygens (including phenoxy) is 2. The molecule has 0 saturated heterocycles. The molecule has 20 heavy (non-hydrogen) atoms. The van der Waals surface area contributed by atoms with Crippen LogP contribution in [0.4, 0.5) is 0 Å². The molecular weight excluding hydrogens is 250 g/mol. The Morgan fingerprint density at radius 3 is 2.90 bits per heavy atom. The zero-order valence-electron chi connectivity index (χ0n) is 13.0. The molecule has 0 bridgehead atoms. The molecule has 1 heterocycles. The van der Waals surface area contributed by atoms with E-state index >= 15 is 0 Å². The molecule has 1 aromatic carbocycles. The minimum atomic E-state index is -0.156. The Labute approximate surface area is 122 Å². The number of fused-ring (bicyclic) bond motifs is 1. The number of nitrogens with one attached hydrogen (secondary N) is 1. The highest BCUT2D eigenvalue weighted by Gasteiger charge is 2.33. The molecule has 0 radical (unpaired) electrons. The quantitative estimate of drug-likeness (QED) is 0.828. The third kappa shape index (κ3) is 3.54. The lowest BCUT2D eigenvalue weighted by molar-refractivity contribution is 0.0671. The Bertz CT molecular complexity index is 494. The van der Waals surface area contributed by atoms with Gasteiger partial charge in [0.2, 0.25) is 0 Å². The summed E-state index contributed by atoms with van der Waals surface area (Å²) in [6.45, 7) is 10.8. The van der Waals surface area contributed by atoms with Crippen LogP contribution in [-0.4, -0.2) is 19.3 Å². The monoisotopic (exact) mass is 275 g/mol. The molecule has 1 aliphatic rings. The van der Waals surface area contributed by atoms with Crippen molar-refractivity contribution in [3.8, 4) is 11.5 Å². The van der Waals surface area contributed by atoms with Crippen LogP contribution in [0.25, 0.3) is 0 Å². The zero-order valence-corrected chi connectivity index (χ0v) is 13.0. The van der Waals surface area contributed by atoms with E-state index in [9.17, 15) is 0 Å². The summed E-state index contributed by atoms with van der Waals surface area (Å²) in [4.78, 5) is 0. The lowest BCUT2D eigenvalue weighted by Crippen LogP contribution is -2.38. The van der Waals surface area contributed by atoms with Crippen LogP contribution in [0.2, 0.25) is 0 Å². The fourth-order valence-electron chi connectivity index (χ4n) is 2.52. The highest BCUT2D eigenvalue weighted by molar-refractivity contribution is 5.44. The molecule has 1 unspecified atom stereocenters. The van der Waals surface area contributed by atoms with E-state index < -0.39 is 0 Å². The second-order valence-electron chi connectivity index (χ2n) is 6.16. The van der Waals surface area contributed by atoms with Crippen LogP contribution < -0.4 is 14.8 Å². The second-order valence-corrected chi connectivity index (χ2v) is 6.16. The molecule has 1 atom stereocenters. The van der Waals surface area contributed by atoms with Gasteiger partial charge in [-0.15, -0.1) is 6.58 Å². The predicted octanol–water partition coefficient (Wildman–Crippen LogP) is 3.85. The summed E-state index contributed by atoms with van der Waals surface area (Å²) >= 11 is 0. The molecule has 110 valence electrons. The molecule has 2 rings (SSSR count). The van der Waals surface area contributed by atoms with Gasteiger partial charge in [0.1, 0.15) is 17.1 Å². The third-order valence-electron chi connectivity index (χ3n) is 3.59. The Balaban J connectivity index is 2.15. The van der Waals surface area contributed by atoms with Gasteiger partial charge in [-0.1, -0.05) is 11.6 Å². The maximum atomic E-state index is 6.08. The molecule has 0 saturated carbocycles. The fraction of sp³-hybridized carbons (Fsp3) is 0.529. The van der Waals surface area contributed by atoms with Gasteiger partial charge < -0.3 is 14.8 Å². The number of hydrogen-bond acceptors (Lipinski definition) is 3. The topological polar surface area (TPSA) is 30.5 Å². The molecule has 0 fully saturated rings. The third-order valence-corrected chi connectivity index (χ3v) is 3.59. The molecule has 0 amide bonds. The summed E-state index contributed by atoms with van der Waals surface area (Å²) in [5.41, 5.74) is 2.19. The van der Waals surface area contributed by atoms with E-state index in [2.05, 4.69) is 31.8 Å². The maximum absolute atomic E-state index is 6.08. The van der Waals surface area contributed by atoms with Crippen molar-refractivity contribution in [2.75, 3.05) is 13.7 Å². The van der Waals surface area contributed by atoms with E-state index in [1.54, 1.807) is 0 Å². The fourth-order valence-corrected chi connectivity index (χ4v) is 2.52. The van der Waals surface area contributed by atoms with Crippen LogP contribution >= 0.6 is 0 Å². The van der Waals surface area contributed by atoms with Gasteiger partial charge in [-0.25, -0.2) is 0 Å². The largest absolute Gasteiger partial charge is 0.493 e. The lowest BCUT2D eigenvalue weighted by Gasteiger charge is -2.37. The number of hydrogen-bond donors (Lipinski definition) is 1. The van der Waals surface area contributed by atoms with E-state index in [-0.39, 0.29) is 5.60 Å². The maximum Gasteiger partial charge on any atom is 0.128 e. The van der Waals surface area contributed by atoms with Gasteiger partial charge in [-0.3, -0.25) is 0 Å². The zero-order chi connectivity index (χ0) is 14.8. The van der Waals surface area contributed by atoms with Crippen LogP contribution in [0, 0.1) is 0 Å². The van der Waals surface area contributed by atoms with Crippen LogP contribution in [0.5, 0.6) is 11.5 Å². The first-order valence-corrected chi connectivity index (χ1v) is 7.19. The first kappa shape index (κ1) is 14.9. The Morgan fingerprint density at radius 1 is 1.50 bits per heavy atom. The summed E-state index contributed by atoms with van der Waals surface area (Å²) in [5.74, 6) is 1.78. The molecule has 0 aromatic heterocycles. The Kier molecular flexibility index (Phi) is 4.39. The van der Waals surface area contributed by atoms with Crippen LogP contribution in [0.3, 0.4) is 0 Å². The Hall–Kier alpha value is -1.48. The molecule has 0 spiro atoms. The van der Waals surface area contributed by atoms with E-state index in [0.717, 1.165) is 29.9 Å². The van der Waals surface area contributed by atoms with Crippen LogP contribution in [0.15, 0.2) is 30.4 Å². The second kappa shape index (κ2) is 5.88. The van der Waals surface area contributed by atoms with Crippen molar-refractivity contribution in [2.24, 2.45) is 0 Å². The lowest BCUT2D eigenvalue weighted by atomic mass is 9.90. The van der Waals surface area contributed by atoms with E-state index in [0.29, 0.717) is 12.6 Å². The van der Waals surface area contributed by atoms with Gasteiger partial charge in [0.05, 0.1) is 6.61 Å². The van der Waals surface area contributed by atoms with Gasteiger partial charge >= 0.3 is 0 Å².